The predicted octanol–water partition coefficient (Wildman–Crippen LogP) is 2.60. The highest BCUT2D eigenvalue weighted by atomic mass is 35.5. The lowest BCUT2D eigenvalue weighted by Gasteiger charge is -2.08. The van der Waals surface area contributed by atoms with Crippen LogP contribution in [0.25, 0.3) is 0 Å². The molecule has 0 aliphatic heterocycles. The van der Waals surface area contributed by atoms with Gasteiger partial charge in [0.25, 0.3) is 0 Å². The molecule has 17 heavy (non-hydrogen) atoms. The molecule has 0 fully saturated rings. The molecule has 1 aromatic carbocycles. The number of nitrogens with two attached hydrogens (primary N) is 1. The minimum absolute atomic E-state index is 0.0209. The molecule has 94 valence electrons. The molecule has 0 aliphatic carbocycles. The van der Waals surface area contributed by atoms with Crippen molar-refractivity contribution in [3.63, 3.8) is 0 Å². The minimum atomic E-state index is -3.88. The Balaban J connectivity index is 3.10. The lowest BCUT2D eigenvalue weighted by molar-refractivity contribution is 0.362. The van der Waals surface area contributed by atoms with E-state index in [1.165, 1.54) is 12.1 Å². The number of ether oxygens (including phenoxy) is 1. The van der Waals surface area contributed by atoms with Crippen molar-refractivity contribution in [1.29, 1.82) is 0 Å². The summed E-state index contributed by atoms with van der Waals surface area (Å²) in [7, 11) is -3.88. The van der Waals surface area contributed by atoms with E-state index in [9.17, 15) is 8.42 Å². The van der Waals surface area contributed by atoms with Gasteiger partial charge in [-0.05, 0) is 13.0 Å². The highest BCUT2D eigenvalue weighted by Gasteiger charge is 2.16. The number of benzene rings is 1. The largest absolute Gasteiger partial charge is 0.488 e. The maximum Gasteiger partial charge on any atom is 0.239 e. The molecule has 1 rings (SSSR count). The molecule has 7 heteroatoms. The van der Waals surface area contributed by atoms with Crippen molar-refractivity contribution in [3.8, 4) is 5.75 Å². The normalized spacial score (nSPS) is 12.0. The summed E-state index contributed by atoms with van der Waals surface area (Å²) in [5, 5.41) is 5.10. The first-order valence-corrected chi connectivity index (χ1v) is 6.92. The zero-order chi connectivity index (χ0) is 13.1. The van der Waals surface area contributed by atoms with Gasteiger partial charge in [0.2, 0.25) is 10.0 Å². The number of rotatable bonds is 4. The van der Waals surface area contributed by atoms with Crippen LogP contribution >= 0.6 is 23.2 Å². The van der Waals surface area contributed by atoms with E-state index in [0.29, 0.717) is 12.4 Å². The fraction of sp³-hybridized carbons (Fsp3) is 0.200. The van der Waals surface area contributed by atoms with E-state index < -0.39 is 10.0 Å². The Morgan fingerprint density at radius 3 is 2.53 bits per heavy atom. The molecular formula is C10H11Cl2NO3S. The summed E-state index contributed by atoms with van der Waals surface area (Å²) in [6.07, 6.45) is 3.59. The predicted molar refractivity (Wildman–Crippen MR) is 68.1 cm³/mol. The molecule has 0 saturated carbocycles. The van der Waals surface area contributed by atoms with Crippen LogP contribution < -0.4 is 9.88 Å². The molecule has 0 aromatic heterocycles. The van der Waals surface area contributed by atoms with Gasteiger partial charge in [-0.1, -0.05) is 35.4 Å². The molecule has 0 unspecified atom stereocenters. The topological polar surface area (TPSA) is 69.4 Å². The summed E-state index contributed by atoms with van der Waals surface area (Å²) in [5.41, 5.74) is 0. The standard InChI is InChI=1S/C10H11Cl2NO3S/c1-2-3-4-16-9-5-8(12)10(6-7(9)11)17(13,14)15/h2-3,5-6H,4H2,1H3,(H2,13,14,15)/b3-2+. The molecule has 0 aliphatic rings. The maximum absolute atomic E-state index is 11.2. The Bertz CT molecular complexity index is 541. The third-order valence-electron chi connectivity index (χ3n) is 1.86. The lowest BCUT2D eigenvalue weighted by Crippen LogP contribution is -2.13. The lowest BCUT2D eigenvalue weighted by atomic mass is 10.3. The van der Waals surface area contributed by atoms with E-state index in [0.717, 1.165) is 0 Å². The molecule has 0 spiro atoms. The zero-order valence-corrected chi connectivity index (χ0v) is 11.3. The number of halogens is 2. The van der Waals surface area contributed by atoms with Crippen molar-refractivity contribution in [1.82, 2.24) is 0 Å². The summed E-state index contributed by atoms with van der Waals surface area (Å²) in [4.78, 5) is -0.220. The van der Waals surface area contributed by atoms with Gasteiger partial charge in [-0.3, -0.25) is 0 Å². The van der Waals surface area contributed by atoms with E-state index in [2.05, 4.69) is 0 Å². The summed E-state index contributed by atoms with van der Waals surface area (Å²) in [5.74, 6) is 0.308. The summed E-state index contributed by atoms with van der Waals surface area (Å²) in [6, 6.07) is 2.50. The first-order valence-electron chi connectivity index (χ1n) is 4.62. The maximum atomic E-state index is 11.2. The van der Waals surface area contributed by atoms with Gasteiger partial charge in [0.05, 0.1) is 10.0 Å². The first kappa shape index (κ1) is 14.3. The molecule has 0 heterocycles. The van der Waals surface area contributed by atoms with Crippen molar-refractivity contribution >= 4 is 33.2 Å². The van der Waals surface area contributed by atoms with Crippen molar-refractivity contribution in [2.24, 2.45) is 5.14 Å². The van der Waals surface area contributed by atoms with Crippen LogP contribution in [-0.2, 0) is 10.0 Å². The van der Waals surface area contributed by atoms with E-state index in [1.54, 1.807) is 6.08 Å². The van der Waals surface area contributed by atoms with Crippen LogP contribution in [0.2, 0.25) is 10.0 Å². The SMILES string of the molecule is C/C=C/COc1cc(Cl)c(S(N)(=O)=O)cc1Cl. The Labute approximate surface area is 110 Å². The monoisotopic (exact) mass is 295 g/mol. The van der Waals surface area contributed by atoms with E-state index in [-0.39, 0.29) is 14.9 Å². The Morgan fingerprint density at radius 1 is 1.35 bits per heavy atom. The molecule has 0 atom stereocenters. The van der Waals surface area contributed by atoms with E-state index >= 15 is 0 Å². The van der Waals surface area contributed by atoms with Gasteiger partial charge < -0.3 is 4.74 Å². The van der Waals surface area contributed by atoms with E-state index in [1.807, 2.05) is 13.0 Å². The second-order valence-corrected chi connectivity index (χ2v) is 5.48. The molecule has 0 bridgehead atoms. The van der Waals surface area contributed by atoms with Gasteiger partial charge in [0, 0.05) is 6.07 Å². The average Bonchev–Trinajstić information content (AvgIpc) is 2.21. The number of hydrogen-bond donors (Lipinski definition) is 1. The number of allylic oxidation sites excluding steroid dienone is 1. The van der Waals surface area contributed by atoms with Crippen LogP contribution in [0.3, 0.4) is 0 Å². The fourth-order valence-electron chi connectivity index (χ4n) is 1.07. The molecule has 0 amide bonds. The number of sulfonamides is 1. The summed E-state index contributed by atoms with van der Waals surface area (Å²) < 4.78 is 27.6. The molecule has 4 nitrogen and oxygen atoms in total. The molecule has 2 N–H and O–H groups in total. The van der Waals surface area contributed by atoms with Gasteiger partial charge in [0.1, 0.15) is 17.3 Å². The van der Waals surface area contributed by atoms with Gasteiger partial charge in [-0.2, -0.15) is 0 Å². The van der Waals surface area contributed by atoms with Gasteiger partial charge in [0.15, 0.2) is 0 Å². The fourth-order valence-corrected chi connectivity index (χ4v) is 2.45. The summed E-state index contributed by atoms with van der Waals surface area (Å²) in [6.45, 7) is 2.17. The zero-order valence-electron chi connectivity index (χ0n) is 8.98. The second-order valence-electron chi connectivity index (χ2n) is 3.14. The molecular weight excluding hydrogens is 285 g/mol. The van der Waals surface area contributed by atoms with E-state index in [4.69, 9.17) is 33.1 Å². The third kappa shape index (κ3) is 3.89. The summed E-state index contributed by atoms with van der Waals surface area (Å²) >= 11 is 11.6. The molecule has 0 saturated heterocycles. The van der Waals surface area contributed by atoms with Crippen molar-refractivity contribution < 1.29 is 13.2 Å². The van der Waals surface area contributed by atoms with Crippen molar-refractivity contribution in [3.05, 3.63) is 34.3 Å². The third-order valence-corrected chi connectivity index (χ3v) is 3.53. The Kier molecular flexibility index (Phi) is 4.82. The van der Waals surface area contributed by atoms with Crippen LogP contribution in [0.1, 0.15) is 6.92 Å². The minimum Gasteiger partial charge on any atom is -0.488 e. The number of hydrogen-bond acceptors (Lipinski definition) is 3. The van der Waals surface area contributed by atoms with Crippen LogP contribution in [0.15, 0.2) is 29.2 Å². The highest BCUT2D eigenvalue weighted by Crippen LogP contribution is 2.33. The van der Waals surface area contributed by atoms with Gasteiger partial charge in [-0.25, -0.2) is 13.6 Å². The van der Waals surface area contributed by atoms with Crippen LogP contribution in [0, 0.1) is 0 Å². The highest BCUT2D eigenvalue weighted by molar-refractivity contribution is 7.89. The van der Waals surface area contributed by atoms with Crippen LogP contribution in [0.5, 0.6) is 5.75 Å². The second kappa shape index (κ2) is 5.73. The van der Waals surface area contributed by atoms with Crippen LogP contribution in [-0.4, -0.2) is 15.0 Å². The molecule has 1 aromatic rings. The smallest absolute Gasteiger partial charge is 0.239 e. The average molecular weight is 296 g/mol. The van der Waals surface area contributed by atoms with Gasteiger partial charge in [-0.15, -0.1) is 0 Å². The van der Waals surface area contributed by atoms with Crippen molar-refractivity contribution in [2.75, 3.05) is 6.61 Å². The molecule has 0 radical (unpaired) electrons. The Morgan fingerprint density at radius 2 is 2.00 bits per heavy atom. The van der Waals surface area contributed by atoms with Crippen LogP contribution in [0.4, 0.5) is 0 Å². The quantitative estimate of drug-likeness (QED) is 0.868. The first-order chi connectivity index (χ1) is 7.86. The van der Waals surface area contributed by atoms with Crippen molar-refractivity contribution in [2.45, 2.75) is 11.8 Å². The number of primary sulfonamides is 1. The van der Waals surface area contributed by atoms with Gasteiger partial charge >= 0.3 is 0 Å². The Hall–Kier alpha value is -0.750.